The lowest BCUT2D eigenvalue weighted by molar-refractivity contribution is -0.187. The molecular weight excluding hydrogens is 321 g/mol. The molecule has 1 fully saturated rings. The maximum Gasteiger partial charge on any atom is 0.471 e. The number of nitrogens with zero attached hydrogens (tertiary/aromatic N) is 1. The van der Waals surface area contributed by atoms with Crippen molar-refractivity contribution in [3.63, 3.8) is 0 Å². The van der Waals surface area contributed by atoms with Gasteiger partial charge in [0.05, 0.1) is 12.3 Å². The van der Waals surface area contributed by atoms with Crippen LogP contribution in [0.4, 0.5) is 13.2 Å². The topological polar surface area (TPSA) is 41.6 Å². The highest BCUT2D eigenvalue weighted by molar-refractivity contribution is 5.84. The van der Waals surface area contributed by atoms with Crippen LogP contribution < -0.4 is 5.32 Å². The van der Waals surface area contributed by atoms with Gasteiger partial charge in [-0.1, -0.05) is 0 Å². The standard InChI is InChI=1S/C17H17F3N2O2/c1-9-12-6-14(22(11-2-3-11)16(23)17(18,19)20)13-8-24-5-4-10(7-21-9)15(12)13/h4-5,7,11,14,21H,2-3,6,8H2,1H3. The number of amides is 1. The van der Waals surface area contributed by atoms with Crippen molar-refractivity contribution >= 4 is 5.91 Å². The van der Waals surface area contributed by atoms with Crippen LogP contribution in [0, 0.1) is 0 Å². The van der Waals surface area contributed by atoms with Gasteiger partial charge in [0, 0.05) is 23.5 Å². The number of carbonyl (C=O) groups excluding carboxylic acids is 1. The first-order valence-electron chi connectivity index (χ1n) is 7.96. The summed E-state index contributed by atoms with van der Waals surface area (Å²) >= 11 is 0. The normalized spacial score (nSPS) is 25.7. The molecule has 4 aliphatic rings. The molecule has 0 radical (unpaired) electrons. The number of dihydropyridines is 1. The average molecular weight is 338 g/mol. The second kappa shape index (κ2) is 5.16. The molecule has 1 N–H and O–H groups in total. The largest absolute Gasteiger partial charge is 0.497 e. The molecule has 1 atom stereocenters. The first kappa shape index (κ1) is 15.4. The highest BCUT2D eigenvalue weighted by Crippen LogP contribution is 2.46. The smallest absolute Gasteiger partial charge is 0.471 e. The van der Waals surface area contributed by atoms with Crippen LogP contribution in [0.15, 0.2) is 46.5 Å². The highest BCUT2D eigenvalue weighted by Gasteiger charge is 2.52. The van der Waals surface area contributed by atoms with E-state index in [4.69, 9.17) is 4.74 Å². The van der Waals surface area contributed by atoms with Crippen molar-refractivity contribution in [2.45, 2.75) is 44.4 Å². The zero-order valence-corrected chi connectivity index (χ0v) is 13.1. The van der Waals surface area contributed by atoms with E-state index in [0.717, 1.165) is 32.9 Å². The summed E-state index contributed by atoms with van der Waals surface area (Å²) in [4.78, 5) is 13.1. The zero-order chi connectivity index (χ0) is 17.1. The van der Waals surface area contributed by atoms with Gasteiger partial charge in [-0.25, -0.2) is 0 Å². The fourth-order valence-corrected chi connectivity index (χ4v) is 3.71. The first-order valence-corrected chi connectivity index (χ1v) is 7.96. The Kier molecular flexibility index (Phi) is 3.30. The Balaban J connectivity index is 1.78. The van der Waals surface area contributed by atoms with Gasteiger partial charge in [-0.05, 0) is 49.0 Å². The van der Waals surface area contributed by atoms with E-state index in [2.05, 4.69) is 5.32 Å². The van der Waals surface area contributed by atoms with Crippen LogP contribution >= 0.6 is 0 Å². The zero-order valence-electron chi connectivity index (χ0n) is 13.1. The van der Waals surface area contributed by atoms with Gasteiger partial charge in [0.15, 0.2) is 0 Å². The number of allylic oxidation sites excluding steroid dienone is 4. The van der Waals surface area contributed by atoms with Crippen molar-refractivity contribution in [3.8, 4) is 0 Å². The molecule has 1 amide bonds. The molecule has 128 valence electrons. The molecule has 0 bridgehead atoms. The van der Waals surface area contributed by atoms with E-state index in [9.17, 15) is 18.0 Å². The van der Waals surface area contributed by atoms with E-state index >= 15 is 0 Å². The molecule has 2 heterocycles. The molecule has 1 saturated carbocycles. The van der Waals surface area contributed by atoms with Gasteiger partial charge in [-0.3, -0.25) is 4.79 Å². The SMILES string of the molecule is CC1=C2CC(N(C(=O)C(F)(F)F)C3CC3)C3=C2C(=CN1)C=COC3. The molecule has 0 aromatic rings. The molecule has 2 aliphatic carbocycles. The summed E-state index contributed by atoms with van der Waals surface area (Å²) in [5.74, 6) is -1.74. The van der Waals surface area contributed by atoms with E-state index in [-0.39, 0.29) is 12.6 Å². The molecule has 4 rings (SSSR count). The lowest BCUT2D eigenvalue weighted by atomic mass is 9.95. The number of alkyl halides is 3. The molecule has 1 unspecified atom stereocenters. The van der Waals surface area contributed by atoms with Crippen molar-refractivity contribution in [1.29, 1.82) is 0 Å². The van der Waals surface area contributed by atoms with E-state index in [1.807, 2.05) is 13.1 Å². The lowest BCUT2D eigenvalue weighted by Crippen LogP contribution is -2.48. The van der Waals surface area contributed by atoms with Crippen molar-refractivity contribution in [3.05, 3.63) is 46.5 Å². The van der Waals surface area contributed by atoms with Crippen molar-refractivity contribution in [2.75, 3.05) is 6.61 Å². The summed E-state index contributed by atoms with van der Waals surface area (Å²) in [5, 5.41) is 3.15. The fourth-order valence-electron chi connectivity index (χ4n) is 3.71. The monoisotopic (exact) mass is 338 g/mol. The van der Waals surface area contributed by atoms with Crippen LogP contribution in [0.5, 0.6) is 0 Å². The van der Waals surface area contributed by atoms with E-state index in [1.54, 1.807) is 12.3 Å². The number of halogens is 3. The third-order valence-electron chi connectivity index (χ3n) is 4.94. The van der Waals surface area contributed by atoms with Gasteiger partial charge in [0.25, 0.3) is 0 Å². The Morgan fingerprint density at radius 1 is 1.38 bits per heavy atom. The van der Waals surface area contributed by atoms with Crippen LogP contribution in [-0.4, -0.2) is 35.7 Å². The minimum atomic E-state index is -4.86. The lowest BCUT2D eigenvalue weighted by Gasteiger charge is -2.31. The summed E-state index contributed by atoms with van der Waals surface area (Å²) in [7, 11) is 0. The maximum absolute atomic E-state index is 13.1. The Morgan fingerprint density at radius 2 is 2.12 bits per heavy atom. The van der Waals surface area contributed by atoms with Crippen LogP contribution in [0.1, 0.15) is 26.2 Å². The summed E-state index contributed by atoms with van der Waals surface area (Å²) in [5.41, 5.74) is 4.49. The van der Waals surface area contributed by atoms with Crippen molar-refractivity contribution < 1.29 is 22.7 Å². The number of nitrogens with one attached hydrogen (secondary N) is 1. The van der Waals surface area contributed by atoms with Gasteiger partial charge in [-0.15, -0.1) is 0 Å². The Hall–Kier alpha value is -2.18. The summed E-state index contributed by atoms with van der Waals surface area (Å²) < 4.78 is 44.8. The molecule has 2 aliphatic heterocycles. The van der Waals surface area contributed by atoms with E-state index in [0.29, 0.717) is 19.3 Å². The van der Waals surface area contributed by atoms with Crippen molar-refractivity contribution in [1.82, 2.24) is 10.2 Å². The third-order valence-corrected chi connectivity index (χ3v) is 4.94. The third kappa shape index (κ3) is 2.34. The number of ether oxygens (including phenoxy) is 1. The first-order chi connectivity index (χ1) is 11.4. The van der Waals surface area contributed by atoms with Crippen LogP contribution in [0.3, 0.4) is 0 Å². The Morgan fingerprint density at radius 3 is 2.79 bits per heavy atom. The molecule has 0 saturated heterocycles. The molecule has 4 nitrogen and oxygen atoms in total. The molecule has 7 heteroatoms. The van der Waals surface area contributed by atoms with Gasteiger partial charge >= 0.3 is 12.1 Å². The second-order valence-corrected chi connectivity index (χ2v) is 6.52. The average Bonchev–Trinajstić information content (AvgIpc) is 3.29. The quantitative estimate of drug-likeness (QED) is 0.842. The van der Waals surface area contributed by atoms with Gasteiger partial charge in [-0.2, -0.15) is 13.2 Å². The second-order valence-electron chi connectivity index (χ2n) is 6.52. The van der Waals surface area contributed by atoms with Crippen LogP contribution in [0.25, 0.3) is 0 Å². The van der Waals surface area contributed by atoms with Crippen LogP contribution in [0.2, 0.25) is 0 Å². The fraction of sp³-hybridized carbons (Fsp3) is 0.471. The van der Waals surface area contributed by atoms with E-state index < -0.39 is 18.1 Å². The summed E-state index contributed by atoms with van der Waals surface area (Å²) in [6.07, 6.45) is 1.97. The number of rotatable bonds is 2. The number of carbonyl (C=O) groups is 1. The number of hydrogen-bond donors (Lipinski definition) is 1. The Bertz CT molecular complexity index is 727. The molecule has 0 spiro atoms. The van der Waals surface area contributed by atoms with Gasteiger partial charge in [0.2, 0.25) is 0 Å². The minimum absolute atomic E-state index is 0.207. The van der Waals surface area contributed by atoms with Gasteiger partial charge in [0.1, 0.15) is 6.61 Å². The maximum atomic E-state index is 13.1. The molecular formula is C17H17F3N2O2. The van der Waals surface area contributed by atoms with Crippen LogP contribution in [-0.2, 0) is 9.53 Å². The predicted octanol–water partition coefficient (Wildman–Crippen LogP) is 2.91. The summed E-state index contributed by atoms with van der Waals surface area (Å²) in [6, 6.07) is -0.912. The molecule has 0 aromatic heterocycles. The van der Waals surface area contributed by atoms with Gasteiger partial charge < -0.3 is 15.0 Å². The van der Waals surface area contributed by atoms with Crippen molar-refractivity contribution in [2.24, 2.45) is 0 Å². The predicted molar refractivity (Wildman–Crippen MR) is 80.4 cm³/mol. The highest BCUT2D eigenvalue weighted by atomic mass is 19.4. The minimum Gasteiger partial charge on any atom is -0.497 e. The molecule has 24 heavy (non-hydrogen) atoms. The van der Waals surface area contributed by atoms with E-state index in [1.165, 1.54) is 0 Å². The summed E-state index contributed by atoms with van der Waals surface area (Å²) in [6.45, 7) is 2.11. The Labute approximate surface area is 137 Å². The number of hydrogen-bond acceptors (Lipinski definition) is 3. The molecule has 0 aromatic carbocycles.